The lowest BCUT2D eigenvalue weighted by atomic mass is 10.1. The smallest absolute Gasteiger partial charge is 0.254 e. The number of nitrogens with zero attached hydrogens (tertiary/aromatic N) is 3. The largest absolute Gasteiger partial charge is 0.493 e. The van der Waals surface area contributed by atoms with Gasteiger partial charge in [-0.1, -0.05) is 29.8 Å². The molecule has 3 aromatic rings. The number of aromatic nitrogens is 2. The molecule has 1 heterocycles. The van der Waals surface area contributed by atoms with Crippen molar-refractivity contribution in [2.24, 2.45) is 0 Å². The predicted molar refractivity (Wildman–Crippen MR) is 119 cm³/mol. The molecule has 1 aromatic heterocycles. The van der Waals surface area contributed by atoms with E-state index in [-0.39, 0.29) is 11.9 Å². The van der Waals surface area contributed by atoms with Crippen molar-refractivity contribution in [1.29, 1.82) is 0 Å². The summed E-state index contributed by atoms with van der Waals surface area (Å²) in [5, 5.41) is 4.09. The first-order chi connectivity index (χ1) is 15.0. The number of methoxy groups -OCH3 is 2. The predicted octanol–water partition coefficient (Wildman–Crippen LogP) is 4.55. The van der Waals surface area contributed by atoms with Crippen molar-refractivity contribution in [2.45, 2.75) is 39.7 Å². The number of aryl methyl sites for hydroxylation is 1. The van der Waals surface area contributed by atoms with Crippen LogP contribution in [0.25, 0.3) is 11.4 Å². The van der Waals surface area contributed by atoms with Crippen molar-refractivity contribution in [2.75, 3.05) is 20.8 Å². The second-order valence-electron chi connectivity index (χ2n) is 7.45. The molecule has 0 saturated carbocycles. The quantitative estimate of drug-likeness (QED) is 0.503. The monoisotopic (exact) mass is 423 g/mol. The highest BCUT2D eigenvalue weighted by Crippen LogP contribution is 2.31. The third kappa shape index (κ3) is 5.23. The Kier molecular flexibility index (Phi) is 7.28. The molecule has 2 aromatic carbocycles. The normalized spacial score (nSPS) is 11.8. The van der Waals surface area contributed by atoms with Gasteiger partial charge in [0.15, 0.2) is 11.5 Å². The van der Waals surface area contributed by atoms with Gasteiger partial charge in [0.25, 0.3) is 5.91 Å². The molecule has 0 aliphatic heterocycles. The fourth-order valence-corrected chi connectivity index (χ4v) is 3.27. The van der Waals surface area contributed by atoms with Crippen molar-refractivity contribution in [3.8, 4) is 22.9 Å². The van der Waals surface area contributed by atoms with Gasteiger partial charge in [-0.05, 0) is 50.6 Å². The lowest BCUT2D eigenvalue weighted by Gasteiger charge is -2.28. The van der Waals surface area contributed by atoms with Crippen molar-refractivity contribution in [3.63, 3.8) is 0 Å². The minimum Gasteiger partial charge on any atom is -0.493 e. The topological polar surface area (TPSA) is 77.7 Å². The SMILES string of the molecule is CCC(C)N(CCc1nc(-c2ccc(OC)c(OC)c2)no1)C(=O)c1ccc(C)cc1. The molecule has 7 heteroatoms. The number of carbonyl (C=O) groups excluding carboxylic acids is 1. The van der Waals surface area contributed by atoms with Crippen LogP contribution in [-0.2, 0) is 6.42 Å². The van der Waals surface area contributed by atoms with Crippen molar-refractivity contribution >= 4 is 5.91 Å². The van der Waals surface area contributed by atoms with E-state index in [1.165, 1.54) is 0 Å². The van der Waals surface area contributed by atoms with Crippen molar-refractivity contribution in [3.05, 3.63) is 59.5 Å². The van der Waals surface area contributed by atoms with Gasteiger partial charge in [0.2, 0.25) is 11.7 Å². The Balaban J connectivity index is 1.73. The van der Waals surface area contributed by atoms with Crippen LogP contribution in [0.3, 0.4) is 0 Å². The minimum absolute atomic E-state index is 0.00831. The fourth-order valence-electron chi connectivity index (χ4n) is 3.27. The first-order valence-corrected chi connectivity index (χ1v) is 10.4. The first kappa shape index (κ1) is 22.3. The summed E-state index contributed by atoms with van der Waals surface area (Å²) in [5.41, 5.74) is 2.57. The average Bonchev–Trinajstić information content (AvgIpc) is 3.27. The molecule has 31 heavy (non-hydrogen) atoms. The molecule has 7 nitrogen and oxygen atoms in total. The van der Waals surface area contributed by atoms with E-state index in [0.29, 0.717) is 41.7 Å². The van der Waals surface area contributed by atoms with Crippen LogP contribution in [0.1, 0.15) is 42.1 Å². The Morgan fingerprint density at radius 1 is 1.10 bits per heavy atom. The lowest BCUT2D eigenvalue weighted by molar-refractivity contribution is 0.0686. The zero-order valence-electron chi connectivity index (χ0n) is 18.7. The molecule has 0 aliphatic carbocycles. The molecule has 0 fully saturated rings. The third-order valence-corrected chi connectivity index (χ3v) is 5.36. The van der Waals surface area contributed by atoms with Gasteiger partial charge in [0, 0.05) is 30.1 Å². The summed E-state index contributed by atoms with van der Waals surface area (Å²) >= 11 is 0. The Morgan fingerprint density at radius 3 is 2.45 bits per heavy atom. The molecule has 1 unspecified atom stereocenters. The Labute approximate surface area is 183 Å². The molecule has 0 bridgehead atoms. The van der Waals surface area contributed by atoms with Crippen LogP contribution < -0.4 is 9.47 Å². The number of benzene rings is 2. The summed E-state index contributed by atoms with van der Waals surface area (Å²) in [6.07, 6.45) is 1.33. The highest BCUT2D eigenvalue weighted by molar-refractivity contribution is 5.94. The Hall–Kier alpha value is -3.35. The van der Waals surface area contributed by atoms with Crippen LogP contribution in [0.5, 0.6) is 11.5 Å². The second kappa shape index (κ2) is 10.1. The summed E-state index contributed by atoms with van der Waals surface area (Å²) in [5.74, 6) is 2.19. The van der Waals surface area contributed by atoms with Crippen LogP contribution in [0, 0.1) is 6.92 Å². The summed E-state index contributed by atoms with van der Waals surface area (Å²) in [6, 6.07) is 13.2. The van der Waals surface area contributed by atoms with Crippen molar-refractivity contribution < 1.29 is 18.8 Å². The molecule has 1 atom stereocenters. The standard InChI is InChI=1S/C24H29N3O4/c1-6-17(3)27(24(28)18-9-7-16(2)8-10-18)14-13-22-25-23(26-31-22)19-11-12-20(29-4)21(15-19)30-5/h7-12,15,17H,6,13-14H2,1-5H3. The molecular weight excluding hydrogens is 394 g/mol. The maximum atomic E-state index is 13.1. The molecule has 0 N–H and O–H groups in total. The van der Waals surface area contributed by atoms with Gasteiger partial charge in [0.05, 0.1) is 14.2 Å². The van der Waals surface area contributed by atoms with Crippen LogP contribution in [0.15, 0.2) is 47.0 Å². The highest BCUT2D eigenvalue weighted by atomic mass is 16.5. The van der Waals surface area contributed by atoms with Gasteiger partial charge in [-0.3, -0.25) is 4.79 Å². The number of carbonyl (C=O) groups is 1. The summed E-state index contributed by atoms with van der Waals surface area (Å²) in [7, 11) is 3.17. The average molecular weight is 424 g/mol. The molecule has 0 spiro atoms. The van der Waals surface area contributed by atoms with E-state index in [9.17, 15) is 4.79 Å². The van der Waals surface area contributed by atoms with Gasteiger partial charge in [0.1, 0.15) is 0 Å². The molecule has 3 rings (SSSR count). The Morgan fingerprint density at radius 2 is 1.81 bits per heavy atom. The van der Waals surface area contributed by atoms with Gasteiger partial charge in [-0.25, -0.2) is 0 Å². The molecule has 0 saturated heterocycles. The van der Waals surface area contributed by atoms with Crippen LogP contribution in [-0.4, -0.2) is 47.8 Å². The fraction of sp³-hybridized carbons (Fsp3) is 0.375. The van der Waals surface area contributed by atoms with E-state index in [0.717, 1.165) is 17.5 Å². The number of rotatable bonds is 9. The third-order valence-electron chi connectivity index (χ3n) is 5.36. The summed E-state index contributed by atoms with van der Waals surface area (Å²) in [6.45, 7) is 6.62. The summed E-state index contributed by atoms with van der Waals surface area (Å²) < 4.78 is 16.1. The van der Waals surface area contributed by atoms with E-state index >= 15 is 0 Å². The molecule has 0 aliphatic rings. The zero-order valence-corrected chi connectivity index (χ0v) is 18.7. The number of hydrogen-bond acceptors (Lipinski definition) is 6. The Bertz CT molecular complexity index is 1010. The number of ether oxygens (including phenoxy) is 2. The lowest BCUT2D eigenvalue weighted by Crippen LogP contribution is -2.39. The number of hydrogen-bond donors (Lipinski definition) is 0. The van der Waals surface area contributed by atoms with Gasteiger partial charge in [-0.15, -0.1) is 0 Å². The van der Waals surface area contributed by atoms with Crippen LogP contribution >= 0.6 is 0 Å². The first-order valence-electron chi connectivity index (χ1n) is 10.4. The summed E-state index contributed by atoms with van der Waals surface area (Å²) in [4.78, 5) is 19.4. The van der Waals surface area contributed by atoms with Crippen molar-refractivity contribution in [1.82, 2.24) is 15.0 Å². The van der Waals surface area contributed by atoms with Gasteiger partial charge < -0.3 is 18.9 Å². The van der Waals surface area contributed by atoms with Crippen LogP contribution in [0.4, 0.5) is 0 Å². The molecule has 1 amide bonds. The van der Waals surface area contributed by atoms with E-state index in [1.54, 1.807) is 26.4 Å². The van der Waals surface area contributed by atoms with E-state index in [1.807, 2.05) is 42.2 Å². The molecule has 164 valence electrons. The van der Waals surface area contributed by atoms with E-state index < -0.39 is 0 Å². The van der Waals surface area contributed by atoms with Gasteiger partial charge >= 0.3 is 0 Å². The zero-order chi connectivity index (χ0) is 22.4. The maximum Gasteiger partial charge on any atom is 0.254 e. The van der Waals surface area contributed by atoms with Crippen LogP contribution in [0.2, 0.25) is 0 Å². The molecule has 0 radical (unpaired) electrons. The molecular formula is C24H29N3O4. The van der Waals surface area contributed by atoms with E-state index in [2.05, 4.69) is 24.0 Å². The minimum atomic E-state index is 0.00831. The highest BCUT2D eigenvalue weighted by Gasteiger charge is 2.21. The maximum absolute atomic E-state index is 13.1. The number of amides is 1. The second-order valence-corrected chi connectivity index (χ2v) is 7.45. The van der Waals surface area contributed by atoms with Gasteiger partial charge in [-0.2, -0.15) is 4.98 Å². The van der Waals surface area contributed by atoms with E-state index in [4.69, 9.17) is 14.0 Å².